The quantitative estimate of drug-likeness (QED) is 0.608. The topological polar surface area (TPSA) is 48.1 Å². The van der Waals surface area contributed by atoms with Gasteiger partial charge in [0, 0.05) is 24.0 Å². The summed E-state index contributed by atoms with van der Waals surface area (Å²) in [6, 6.07) is 7.71. The number of aromatic nitrogens is 1. The lowest BCUT2D eigenvalue weighted by molar-refractivity contribution is -0.384. The Balaban J connectivity index is 2.42. The average molecular weight is 257 g/mol. The first-order chi connectivity index (χ1) is 7.59. The van der Waals surface area contributed by atoms with Gasteiger partial charge in [-0.3, -0.25) is 10.1 Å². The number of halogens is 2. The highest BCUT2D eigenvalue weighted by Gasteiger charge is 2.08. The van der Waals surface area contributed by atoms with E-state index >= 15 is 0 Å². The Labute approximate surface area is 101 Å². The van der Waals surface area contributed by atoms with Crippen LogP contribution in [0.15, 0.2) is 36.5 Å². The fourth-order valence-corrected chi connectivity index (χ4v) is 1.69. The Morgan fingerprint density at radius 1 is 1.12 bits per heavy atom. The van der Waals surface area contributed by atoms with Crippen molar-refractivity contribution in [1.29, 1.82) is 0 Å². The summed E-state index contributed by atoms with van der Waals surface area (Å²) in [6.45, 7) is 0. The summed E-state index contributed by atoms with van der Waals surface area (Å²) >= 11 is 11.7. The summed E-state index contributed by atoms with van der Waals surface area (Å²) in [5.74, 6) is 0. The molecule has 0 N–H and O–H groups in total. The molecule has 0 fully saturated rings. The molecule has 6 heteroatoms. The Hall–Kier alpha value is -1.52. The first-order valence-corrected chi connectivity index (χ1v) is 5.12. The second-order valence-corrected chi connectivity index (χ2v) is 3.86. The number of nitrogens with zero attached hydrogens (tertiary/aromatic N) is 2. The van der Waals surface area contributed by atoms with Gasteiger partial charge in [0.05, 0.1) is 9.95 Å². The van der Waals surface area contributed by atoms with Crippen LogP contribution in [-0.2, 0) is 0 Å². The van der Waals surface area contributed by atoms with Gasteiger partial charge in [0.2, 0.25) is 0 Å². The van der Waals surface area contributed by atoms with Gasteiger partial charge in [0.25, 0.3) is 5.69 Å². The maximum atomic E-state index is 10.5. The van der Waals surface area contributed by atoms with Crippen LogP contribution in [-0.4, -0.2) is 9.49 Å². The molecule has 0 aliphatic rings. The van der Waals surface area contributed by atoms with Crippen LogP contribution in [0.25, 0.3) is 5.69 Å². The summed E-state index contributed by atoms with van der Waals surface area (Å²) in [7, 11) is 0. The zero-order valence-corrected chi connectivity index (χ0v) is 9.44. The van der Waals surface area contributed by atoms with E-state index in [0.29, 0.717) is 10.2 Å². The molecular formula is C10H6Cl2N2O2. The van der Waals surface area contributed by atoms with Gasteiger partial charge < -0.3 is 4.57 Å². The molecule has 0 spiro atoms. The maximum Gasteiger partial charge on any atom is 0.269 e. The SMILES string of the molecule is O=[N+]([O-])c1ccc(-n2ccc(Cl)c2Cl)cc1. The first-order valence-electron chi connectivity index (χ1n) is 4.37. The molecule has 0 radical (unpaired) electrons. The lowest BCUT2D eigenvalue weighted by Crippen LogP contribution is -1.93. The Morgan fingerprint density at radius 3 is 2.19 bits per heavy atom. The maximum absolute atomic E-state index is 10.5. The molecule has 2 rings (SSSR count). The van der Waals surface area contributed by atoms with Gasteiger partial charge in [-0.1, -0.05) is 23.2 Å². The van der Waals surface area contributed by atoms with Crippen LogP contribution in [0.2, 0.25) is 10.2 Å². The van der Waals surface area contributed by atoms with E-state index < -0.39 is 4.92 Å². The van der Waals surface area contributed by atoms with Gasteiger partial charge in [-0.05, 0) is 18.2 Å². The molecule has 0 aliphatic carbocycles. The summed E-state index contributed by atoms with van der Waals surface area (Å²) < 4.78 is 1.65. The number of hydrogen-bond donors (Lipinski definition) is 0. The summed E-state index contributed by atoms with van der Waals surface area (Å²) in [4.78, 5) is 10.0. The molecule has 82 valence electrons. The molecule has 1 aromatic carbocycles. The Morgan fingerprint density at radius 2 is 1.75 bits per heavy atom. The lowest BCUT2D eigenvalue weighted by Gasteiger charge is -2.03. The van der Waals surface area contributed by atoms with Crippen LogP contribution >= 0.6 is 23.2 Å². The van der Waals surface area contributed by atoms with Crippen LogP contribution in [0.3, 0.4) is 0 Å². The van der Waals surface area contributed by atoms with Crippen molar-refractivity contribution in [1.82, 2.24) is 4.57 Å². The summed E-state index contributed by atoms with van der Waals surface area (Å²) in [5.41, 5.74) is 0.764. The van der Waals surface area contributed by atoms with Gasteiger partial charge in [-0.25, -0.2) is 0 Å². The largest absolute Gasteiger partial charge is 0.306 e. The molecule has 0 bridgehead atoms. The summed E-state index contributed by atoms with van der Waals surface area (Å²) in [6.07, 6.45) is 1.70. The molecule has 2 aromatic rings. The number of nitro benzene ring substituents is 1. The highest BCUT2D eigenvalue weighted by molar-refractivity contribution is 6.41. The van der Waals surface area contributed by atoms with E-state index in [1.807, 2.05) is 0 Å². The monoisotopic (exact) mass is 256 g/mol. The van der Waals surface area contributed by atoms with E-state index in [0.717, 1.165) is 5.69 Å². The van der Waals surface area contributed by atoms with Crippen molar-refractivity contribution in [3.05, 3.63) is 56.8 Å². The van der Waals surface area contributed by atoms with Crippen LogP contribution in [0.5, 0.6) is 0 Å². The van der Waals surface area contributed by atoms with E-state index in [2.05, 4.69) is 0 Å². The van der Waals surface area contributed by atoms with Crippen molar-refractivity contribution in [3.63, 3.8) is 0 Å². The molecular weight excluding hydrogens is 251 g/mol. The smallest absolute Gasteiger partial charge is 0.269 e. The third kappa shape index (κ3) is 1.89. The van der Waals surface area contributed by atoms with Crippen molar-refractivity contribution in [2.45, 2.75) is 0 Å². The van der Waals surface area contributed by atoms with Crippen LogP contribution in [0.4, 0.5) is 5.69 Å². The Kier molecular flexibility index (Phi) is 2.85. The third-order valence-electron chi connectivity index (χ3n) is 2.12. The molecule has 0 atom stereocenters. The zero-order valence-electron chi connectivity index (χ0n) is 7.93. The lowest BCUT2D eigenvalue weighted by atomic mass is 10.3. The minimum atomic E-state index is -0.450. The predicted molar refractivity (Wildman–Crippen MR) is 62.4 cm³/mol. The normalized spacial score (nSPS) is 10.4. The minimum Gasteiger partial charge on any atom is -0.306 e. The molecule has 1 aromatic heterocycles. The number of nitro groups is 1. The Bertz CT molecular complexity index is 534. The van der Waals surface area contributed by atoms with Gasteiger partial charge in [0.1, 0.15) is 5.15 Å². The minimum absolute atomic E-state index is 0.0399. The van der Waals surface area contributed by atoms with E-state index in [4.69, 9.17) is 23.2 Å². The standard InChI is InChI=1S/C10H6Cl2N2O2/c11-9-5-6-13(10(9)12)7-1-3-8(4-2-7)14(15)16/h1-6H. The van der Waals surface area contributed by atoms with Crippen molar-refractivity contribution in [3.8, 4) is 5.69 Å². The molecule has 4 nitrogen and oxygen atoms in total. The van der Waals surface area contributed by atoms with E-state index in [9.17, 15) is 10.1 Å². The average Bonchev–Trinajstić information content (AvgIpc) is 2.60. The van der Waals surface area contributed by atoms with Gasteiger partial charge in [-0.15, -0.1) is 0 Å². The molecule has 0 unspecified atom stereocenters. The fourth-order valence-electron chi connectivity index (χ4n) is 1.32. The predicted octanol–water partition coefficient (Wildman–Crippen LogP) is 3.69. The van der Waals surface area contributed by atoms with Crippen molar-refractivity contribution >= 4 is 28.9 Å². The molecule has 0 saturated heterocycles. The van der Waals surface area contributed by atoms with Crippen molar-refractivity contribution in [2.75, 3.05) is 0 Å². The zero-order chi connectivity index (χ0) is 11.7. The second kappa shape index (κ2) is 4.15. The van der Waals surface area contributed by atoms with E-state index in [1.165, 1.54) is 12.1 Å². The molecule has 16 heavy (non-hydrogen) atoms. The molecule has 1 heterocycles. The fraction of sp³-hybridized carbons (Fsp3) is 0. The van der Waals surface area contributed by atoms with Crippen LogP contribution < -0.4 is 0 Å². The number of hydrogen-bond acceptors (Lipinski definition) is 2. The number of rotatable bonds is 2. The number of benzene rings is 1. The van der Waals surface area contributed by atoms with Crippen LogP contribution in [0.1, 0.15) is 0 Å². The van der Waals surface area contributed by atoms with E-state index in [1.54, 1.807) is 29.0 Å². The van der Waals surface area contributed by atoms with Crippen molar-refractivity contribution in [2.24, 2.45) is 0 Å². The van der Waals surface area contributed by atoms with E-state index in [-0.39, 0.29) is 5.69 Å². The highest BCUT2D eigenvalue weighted by atomic mass is 35.5. The highest BCUT2D eigenvalue weighted by Crippen LogP contribution is 2.26. The second-order valence-electron chi connectivity index (χ2n) is 3.10. The first kappa shape index (κ1) is 11.0. The van der Waals surface area contributed by atoms with Gasteiger partial charge >= 0.3 is 0 Å². The van der Waals surface area contributed by atoms with Crippen molar-refractivity contribution < 1.29 is 4.92 Å². The third-order valence-corrected chi connectivity index (χ3v) is 2.90. The molecule has 0 saturated carbocycles. The molecule has 0 aliphatic heterocycles. The van der Waals surface area contributed by atoms with Gasteiger partial charge in [-0.2, -0.15) is 0 Å². The number of non-ortho nitro benzene ring substituents is 1. The van der Waals surface area contributed by atoms with Crippen LogP contribution in [0, 0.1) is 10.1 Å². The molecule has 0 amide bonds. The summed E-state index contributed by atoms with van der Waals surface area (Å²) in [5, 5.41) is 11.3. The van der Waals surface area contributed by atoms with Gasteiger partial charge in [0.15, 0.2) is 0 Å².